The molecule has 8 heteroatoms. The van der Waals surface area contributed by atoms with E-state index in [1.807, 2.05) is 0 Å². The number of aromatic nitrogens is 2. The summed E-state index contributed by atoms with van der Waals surface area (Å²) in [5, 5.41) is 22.0. The quantitative estimate of drug-likeness (QED) is 0.484. The SMILES string of the molecule is Nc1nc(Cl)c(N)c(N[C@@H]2C[C@H](CO)C[C@H]2O)n1. The highest BCUT2D eigenvalue weighted by Gasteiger charge is 2.33. The summed E-state index contributed by atoms with van der Waals surface area (Å²) < 4.78 is 0. The molecule has 7 nitrogen and oxygen atoms in total. The average Bonchev–Trinajstić information content (AvgIpc) is 2.66. The van der Waals surface area contributed by atoms with Gasteiger partial charge in [-0.05, 0) is 18.8 Å². The number of nitrogens with one attached hydrogen (secondary N) is 1. The molecule has 18 heavy (non-hydrogen) atoms. The summed E-state index contributed by atoms with van der Waals surface area (Å²) in [7, 11) is 0. The van der Waals surface area contributed by atoms with E-state index >= 15 is 0 Å². The number of nitrogen functional groups attached to an aromatic ring is 2. The van der Waals surface area contributed by atoms with Crippen molar-refractivity contribution in [1.82, 2.24) is 9.97 Å². The molecular formula is C10H16ClN5O2. The third-order valence-electron chi connectivity index (χ3n) is 3.12. The molecule has 0 spiro atoms. The highest BCUT2D eigenvalue weighted by Crippen LogP contribution is 2.31. The van der Waals surface area contributed by atoms with E-state index in [1.165, 1.54) is 0 Å². The number of hydrogen-bond acceptors (Lipinski definition) is 7. The summed E-state index contributed by atoms with van der Waals surface area (Å²) >= 11 is 5.80. The Morgan fingerprint density at radius 2 is 2.06 bits per heavy atom. The van der Waals surface area contributed by atoms with Crippen LogP contribution in [0, 0.1) is 5.92 Å². The second kappa shape index (κ2) is 5.13. The zero-order valence-corrected chi connectivity index (χ0v) is 10.4. The van der Waals surface area contributed by atoms with Crippen LogP contribution in [-0.2, 0) is 0 Å². The topological polar surface area (TPSA) is 130 Å². The lowest BCUT2D eigenvalue weighted by molar-refractivity contribution is 0.157. The number of hydrogen-bond donors (Lipinski definition) is 5. The van der Waals surface area contributed by atoms with Gasteiger partial charge in [0.25, 0.3) is 0 Å². The highest BCUT2D eigenvalue weighted by atomic mass is 35.5. The van der Waals surface area contributed by atoms with Crippen molar-refractivity contribution < 1.29 is 10.2 Å². The van der Waals surface area contributed by atoms with E-state index in [4.69, 9.17) is 28.2 Å². The molecule has 0 unspecified atom stereocenters. The van der Waals surface area contributed by atoms with Gasteiger partial charge in [-0.2, -0.15) is 9.97 Å². The number of nitrogens with zero attached hydrogens (tertiary/aromatic N) is 2. The molecule has 1 aliphatic rings. The number of anilines is 3. The average molecular weight is 274 g/mol. The third-order valence-corrected chi connectivity index (χ3v) is 3.41. The number of nitrogens with two attached hydrogens (primary N) is 2. The highest BCUT2D eigenvalue weighted by molar-refractivity contribution is 6.32. The summed E-state index contributed by atoms with van der Waals surface area (Å²) in [4.78, 5) is 7.68. The Bertz CT molecular complexity index is 445. The largest absolute Gasteiger partial charge is 0.396 e. The van der Waals surface area contributed by atoms with Crippen LogP contribution >= 0.6 is 11.6 Å². The second-order valence-corrected chi connectivity index (χ2v) is 4.83. The zero-order valence-electron chi connectivity index (χ0n) is 9.67. The molecule has 0 amide bonds. The van der Waals surface area contributed by atoms with Crippen molar-refractivity contribution in [3.8, 4) is 0 Å². The second-order valence-electron chi connectivity index (χ2n) is 4.47. The first-order chi connectivity index (χ1) is 8.51. The molecule has 0 radical (unpaired) electrons. The Kier molecular flexibility index (Phi) is 3.74. The van der Waals surface area contributed by atoms with Gasteiger partial charge in [-0.15, -0.1) is 0 Å². The summed E-state index contributed by atoms with van der Waals surface area (Å²) in [6, 6.07) is -0.227. The summed E-state index contributed by atoms with van der Waals surface area (Å²) in [5.74, 6) is 0.409. The van der Waals surface area contributed by atoms with Crippen LogP contribution in [-0.4, -0.2) is 38.9 Å². The molecule has 1 heterocycles. The molecular weight excluding hydrogens is 258 g/mol. The molecule has 7 N–H and O–H groups in total. The zero-order chi connectivity index (χ0) is 13.3. The van der Waals surface area contributed by atoms with Crippen molar-refractivity contribution >= 4 is 29.1 Å². The van der Waals surface area contributed by atoms with Crippen molar-refractivity contribution in [3.05, 3.63) is 5.15 Å². The molecule has 1 fully saturated rings. The molecule has 2 rings (SSSR count). The Morgan fingerprint density at radius 1 is 1.33 bits per heavy atom. The lowest BCUT2D eigenvalue weighted by atomic mass is 10.1. The van der Waals surface area contributed by atoms with Gasteiger partial charge in [-0.3, -0.25) is 0 Å². The fourth-order valence-electron chi connectivity index (χ4n) is 2.17. The Balaban J connectivity index is 2.15. The van der Waals surface area contributed by atoms with Gasteiger partial charge < -0.3 is 27.0 Å². The van der Waals surface area contributed by atoms with E-state index in [9.17, 15) is 5.11 Å². The van der Waals surface area contributed by atoms with Crippen LogP contribution in [0.5, 0.6) is 0 Å². The van der Waals surface area contributed by atoms with Gasteiger partial charge in [0.1, 0.15) is 5.69 Å². The third kappa shape index (κ3) is 2.58. The predicted molar refractivity (Wildman–Crippen MR) is 69.1 cm³/mol. The van der Waals surface area contributed by atoms with Gasteiger partial charge in [0.05, 0.1) is 12.1 Å². The van der Waals surface area contributed by atoms with Gasteiger partial charge in [0.2, 0.25) is 5.95 Å². The minimum absolute atomic E-state index is 0.0166. The predicted octanol–water partition coefficient (Wildman–Crippen LogP) is -0.162. The summed E-state index contributed by atoms with van der Waals surface area (Å²) in [5.41, 5.74) is 11.4. The molecule has 3 atom stereocenters. The van der Waals surface area contributed by atoms with Crippen LogP contribution in [0.4, 0.5) is 17.5 Å². The van der Waals surface area contributed by atoms with E-state index in [-0.39, 0.29) is 35.4 Å². The standard InChI is InChI=1S/C10H16ClN5O2/c11-8-7(12)9(16-10(13)15-8)14-5-1-4(3-17)2-6(5)18/h4-6,17-18H,1-3,12H2,(H3,13,14,15,16)/t4-,5+,6+/m0/s1. The molecule has 1 saturated carbocycles. The molecule has 100 valence electrons. The maximum Gasteiger partial charge on any atom is 0.223 e. The van der Waals surface area contributed by atoms with Crippen molar-refractivity contribution in [2.45, 2.75) is 25.0 Å². The van der Waals surface area contributed by atoms with Crippen LogP contribution < -0.4 is 16.8 Å². The Hall–Kier alpha value is -1.31. The normalized spacial score (nSPS) is 27.4. The first kappa shape index (κ1) is 13.1. The lowest BCUT2D eigenvalue weighted by Crippen LogP contribution is -2.29. The van der Waals surface area contributed by atoms with Gasteiger partial charge in [0.15, 0.2) is 11.0 Å². The van der Waals surface area contributed by atoms with Gasteiger partial charge in [0, 0.05) is 6.61 Å². The van der Waals surface area contributed by atoms with Crippen LogP contribution in [0.25, 0.3) is 0 Å². The monoisotopic (exact) mass is 273 g/mol. The van der Waals surface area contributed by atoms with Crippen LogP contribution in [0.1, 0.15) is 12.8 Å². The molecule has 0 saturated heterocycles. The Morgan fingerprint density at radius 3 is 2.67 bits per heavy atom. The summed E-state index contributed by atoms with van der Waals surface area (Å²) in [6.07, 6.45) is 0.623. The van der Waals surface area contributed by atoms with Gasteiger partial charge in [-0.25, -0.2) is 0 Å². The summed E-state index contributed by atoms with van der Waals surface area (Å²) in [6.45, 7) is 0.0530. The number of aliphatic hydroxyl groups is 2. The van der Waals surface area contributed by atoms with Crippen molar-refractivity contribution in [2.24, 2.45) is 5.92 Å². The minimum atomic E-state index is -0.559. The molecule has 0 aromatic carbocycles. The Labute approximate surface area is 109 Å². The maximum atomic E-state index is 9.86. The van der Waals surface area contributed by atoms with Crippen molar-refractivity contribution in [2.75, 3.05) is 23.4 Å². The molecule has 1 aromatic heterocycles. The van der Waals surface area contributed by atoms with E-state index in [2.05, 4.69) is 15.3 Å². The lowest BCUT2D eigenvalue weighted by Gasteiger charge is -2.18. The van der Waals surface area contributed by atoms with Crippen LogP contribution in [0.15, 0.2) is 0 Å². The molecule has 1 aromatic rings. The van der Waals surface area contributed by atoms with Gasteiger partial charge >= 0.3 is 0 Å². The van der Waals surface area contributed by atoms with E-state index in [1.54, 1.807) is 0 Å². The fourth-order valence-corrected chi connectivity index (χ4v) is 2.34. The molecule has 0 aliphatic heterocycles. The van der Waals surface area contributed by atoms with Gasteiger partial charge in [-0.1, -0.05) is 11.6 Å². The first-order valence-corrected chi connectivity index (χ1v) is 6.03. The number of aliphatic hydroxyl groups excluding tert-OH is 2. The first-order valence-electron chi connectivity index (χ1n) is 5.65. The van der Waals surface area contributed by atoms with E-state index < -0.39 is 6.10 Å². The van der Waals surface area contributed by atoms with E-state index in [0.717, 1.165) is 0 Å². The van der Waals surface area contributed by atoms with Crippen molar-refractivity contribution in [3.63, 3.8) is 0 Å². The molecule has 1 aliphatic carbocycles. The minimum Gasteiger partial charge on any atom is -0.396 e. The number of rotatable bonds is 3. The van der Waals surface area contributed by atoms with E-state index in [0.29, 0.717) is 18.7 Å². The number of halogens is 1. The van der Waals surface area contributed by atoms with Crippen LogP contribution in [0.3, 0.4) is 0 Å². The van der Waals surface area contributed by atoms with Crippen molar-refractivity contribution in [1.29, 1.82) is 0 Å². The van der Waals surface area contributed by atoms with Crippen LogP contribution in [0.2, 0.25) is 5.15 Å². The fraction of sp³-hybridized carbons (Fsp3) is 0.600. The maximum absolute atomic E-state index is 9.86. The smallest absolute Gasteiger partial charge is 0.223 e. The molecule has 0 bridgehead atoms.